The molecule has 0 amide bonds. The average Bonchev–Trinajstić information content (AvgIpc) is 2.82. The maximum Gasteiger partial charge on any atom is 0.222 e. The Balaban J connectivity index is 2.22. The van der Waals surface area contributed by atoms with Crippen molar-refractivity contribution in [1.82, 2.24) is 5.32 Å². The maximum absolute atomic E-state index is 14.1. The van der Waals surface area contributed by atoms with E-state index in [0.717, 1.165) is 31.9 Å². The molecule has 1 saturated heterocycles. The summed E-state index contributed by atoms with van der Waals surface area (Å²) in [5.74, 6) is -0.00400. The molecule has 0 saturated carbocycles. The molecule has 0 aromatic heterocycles. The second kappa shape index (κ2) is 6.26. The van der Waals surface area contributed by atoms with Gasteiger partial charge in [-0.1, -0.05) is 44.0 Å². The van der Waals surface area contributed by atoms with Crippen molar-refractivity contribution < 1.29 is 9.18 Å². The molecule has 1 N–H and O–H groups in total. The van der Waals surface area contributed by atoms with Gasteiger partial charge in [-0.2, -0.15) is 0 Å². The summed E-state index contributed by atoms with van der Waals surface area (Å²) in [5.41, 5.74) is 0.105. The minimum absolute atomic E-state index is 0.00400. The molecule has 2 rings (SSSR count). The van der Waals surface area contributed by atoms with Gasteiger partial charge in [0.05, 0.1) is 0 Å². The van der Waals surface area contributed by atoms with Crippen LogP contribution >= 0.6 is 23.2 Å². The molecule has 2 atom stereocenters. The van der Waals surface area contributed by atoms with E-state index in [0.29, 0.717) is 17.2 Å². The van der Waals surface area contributed by atoms with Crippen molar-refractivity contribution in [2.24, 2.45) is 10.8 Å². The molecule has 1 aliphatic carbocycles. The van der Waals surface area contributed by atoms with Crippen LogP contribution in [0.2, 0.25) is 0 Å². The number of halogens is 3. The first-order valence-corrected chi connectivity index (χ1v) is 8.51. The van der Waals surface area contributed by atoms with Crippen LogP contribution < -0.4 is 5.32 Å². The zero-order chi connectivity index (χ0) is 16.6. The van der Waals surface area contributed by atoms with Crippen LogP contribution in [0.3, 0.4) is 0 Å². The van der Waals surface area contributed by atoms with E-state index < -0.39 is 10.5 Å². The fourth-order valence-electron chi connectivity index (χ4n) is 3.13. The summed E-state index contributed by atoms with van der Waals surface area (Å²) >= 11 is 11.7. The number of nitrogens with one attached hydrogen (secondary N) is 1. The van der Waals surface area contributed by atoms with Gasteiger partial charge in [0.2, 0.25) is 5.13 Å². The highest BCUT2D eigenvalue weighted by Crippen LogP contribution is 2.42. The van der Waals surface area contributed by atoms with Crippen molar-refractivity contribution in [2.45, 2.75) is 51.6 Å². The number of carbonyl (C=O) groups excluding carboxylic acids is 1. The van der Waals surface area contributed by atoms with Crippen LogP contribution in [0.15, 0.2) is 22.8 Å². The van der Waals surface area contributed by atoms with Gasteiger partial charge in [0, 0.05) is 29.0 Å². The first kappa shape index (κ1) is 18.0. The summed E-state index contributed by atoms with van der Waals surface area (Å²) in [4.78, 5) is 13.1. The summed E-state index contributed by atoms with van der Waals surface area (Å²) in [5, 5.41) is 1.42. The third kappa shape index (κ3) is 4.33. The van der Waals surface area contributed by atoms with E-state index in [2.05, 4.69) is 26.1 Å². The van der Waals surface area contributed by atoms with Gasteiger partial charge in [-0.25, -0.2) is 4.39 Å². The van der Waals surface area contributed by atoms with Crippen molar-refractivity contribution >= 4 is 29.0 Å². The fourth-order valence-corrected chi connectivity index (χ4v) is 3.75. The molecular weight excluding hydrogens is 324 g/mol. The third-order valence-electron chi connectivity index (χ3n) is 4.45. The third-order valence-corrected chi connectivity index (χ3v) is 4.91. The Morgan fingerprint density at radius 2 is 2.09 bits per heavy atom. The number of ketones is 1. The number of hydrogen-bond donors (Lipinski definition) is 1. The van der Waals surface area contributed by atoms with Gasteiger partial charge in [0.1, 0.15) is 0 Å². The molecule has 0 radical (unpaired) electrons. The molecule has 22 heavy (non-hydrogen) atoms. The summed E-state index contributed by atoms with van der Waals surface area (Å²) in [7, 11) is 0. The Morgan fingerprint density at radius 1 is 1.41 bits per heavy atom. The van der Waals surface area contributed by atoms with Gasteiger partial charge in [-0.05, 0) is 43.4 Å². The minimum atomic E-state index is -2.16. The van der Waals surface area contributed by atoms with Crippen molar-refractivity contribution in [2.75, 3.05) is 13.1 Å². The highest BCUT2D eigenvalue weighted by atomic mass is 35.5. The van der Waals surface area contributed by atoms with E-state index in [9.17, 15) is 9.18 Å². The molecule has 0 spiro atoms. The molecule has 1 heterocycles. The molecule has 2 aliphatic rings. The molecule has 5 heteroatoms. The Bertz CT molecular complexity index is 511. The van der Waals surface area contributed by atoms with Gasteiger partial charge in [0.25, 0.3) is 0 Å². The van der Waals surface area contributed by atoms with Crippen LogP contribution in [-0.2, 0) is 4.79 Å². The number of Topliss-reactive ketones (excluding diaryl/α,β-unsaturated/α-hetero) is 1. The minimum Gasteiger partial charge on any atom is -0.316 e. The van der Waals surface area contributed by atoms with Gasteiger partial charge >= 0.3 is 0 Å². The van der Waals surface area contributed by atoms with E-state index >= 15 is 0 Å². The lowest BCUT2D eigenvalue weighted by atomic mass is 9.71. The second-order valence-corrected chi connectivity index (χ2v) is 8.77. The first-order chi connectivity index (χ1) is 10.0. The lowest BCUT2D eigenvalue weighted by molar-refractivity contribution is -0.124. The van der Waals surface area contributed by atoms with E-state index in [1.165, 1.54) is 6.08 Å². The van der Waals surface area contributed by atoms with E-state index in [-0.39, 0.29) is 17.6 Å². The SMILES string of the molecule is CC(C)(C)CCC1(C(=O)C2=CC(F)(Cl)C=C(Cl)C2)CCNC1. The smallest absolute Gasteiger partial charge is 0.222 e. The zero-order valence-corrected chi connectivity index (χ0v) is 15.0. The van der Waals surface area contributed by atoms with E-state index in [1.807, 2.05) is 0 Å². The van der Waals surface area contributed by atoms with Crippen LogP contribution in [0.4, 0.5) is 4.39 Å². The lowest BCUT2D eigenvalue weighted by Crippen LogP contribution is -2.36. The van der Waals surface area contributed by atoms with E-state index in [4.69, 9.17) is 23.2 Å². The summed E-state index contributed by atoms with van der Waals surface area (Å²) in [6.45, 7) is 7.95. The van der Waals surface area contributed by atoms with Gasteiger partial charge in [-0.15, -0.1) is 0 Å². The topological polar surface area (TPSA) is 29.1 Å². The van der Waals surface area contributed by atoms with Crippen molar-refractivity contribution in [3.63, 3.8) is 0 Å². The molecule has 1 aliphatic heterocycles. The first-order valence-electron chi connectivity index (χ1n) is 7.75. The standard InChI is InChI=1S/C17H24Cl2FNO/c1-15(2,3)4-5-16(6-7-21-11-16)14(22)12-8-13(18)10-17(19,20)9-12/h9-10,21H,4-8,11H2,1-3H3. The molecule has 2 nitrogen and oxygen atoms in total. The van der Waals surface area contributed by atoms with Crippen molar-refractivity contribution in [3.8, 4) is 0 Å². The summed E-state index contributed by atoms with van der Waals surface area (Å²) in [6.07, 6.45) is 5.17. The van der Waals surface area contributed by atoms with Gasteiger partial charge < -0.3 is 5.32 Å². The van der Waals surface area contributed by atoms with Crippen molar-refractivity contribution in [3.05, 3.63) is 22.8 Å². The fraction of sp³-hybridized carbons (Fsp3) is 0.706. The maximum atomic E-state index is 14.1. The summed E-state index contributed by atoms with van der Waals surface area (Å²) in [6, 6.07) is 0. The number of rotatable bonds is 4. The largest absolute Gasteiger partial charge is 0.316 e. The quantitative estimate of drug-likeness (QED) is 0.745. The Hall–Kier alpha value is -0.380. The van der Waals surface area contributed by atoms with Crippen LogP contribution in [0.5, 0.6) is 0 Å². The van der Waals surface area contributed by atoms with E-state index in [1.54, 1.807) is 0 Å². The molecule has 0 bridgehead atoms. The Kier molecular flexibility index (Phi) is 5.11. The molecule has 1 fully saturated rings. The van der Waals surface area contributed by atoms with Crippen LogP contribution in [-0.4, -0.2) is 24.0 Å². The number of allylic oxidation sites excluding steroid dienone is 4. The van der Waals surface area contributed by atoms with Gasteiger partial charge in [0.15, 0.2) is 5.78 Å². The number of carbonyl (C=O) groups is 1. The second-order valence-electron chi connectivity index (χ2n) is 7.71. The highest BCUT2D eigenvalue weighted by molar-refractivity contribution is 6.33. The number of alkyl halides is 2. The Labute approximate surface area is 142 Å². The van der Waals surface area contributed by atoms with Crippen molar-refractivity contribution in [1.29, 1.82) is 0 Å². The molecule has 124 valence electrons. The average molecular weight is 348 g/mol. The number of hydrogen-bond acceptors (Lipinski definition) is 2. The lowest BCUT2D eigenvalue weighted by Gasteiger charge is -2.32. The molecule has 2 unspecified atom stereocenters. The monoisotopic (exact) mass is 347 g/mol. The van der Waals surface area contributed by atoms with Crippen LogP contribution in [0, 0.1) is 10.8 Å². The van der Waals surface area contributed by atoms with Crippen LogP contribution in [0.1, 0.15) is 46.5 Å². The summed E-state index contributed by atoms with van der Waals surface area (Å²) < 4.78 is 14.1. The Morgan fingerprint density at radius 3 is 2.59 bits per heavy atom. The predicted octanol–water partition coefficient (Wildman–Crippen LogP) is 4.72. The molecular formula is C17H24Cl2FNO. The normalized spacial score (nSPS) is 32.6. The van der Waals surface area contributed by atoms with Gasteiger partial charge in [-0.3, -0.25) is 4.79 Å². The highest BCUT2D eigenvalue weighted by Gasteiger charge is 2.44. The van der Waals surface area contributed by atoms with Crippen LogP contribution in [0.25, 0.3) is 0 Å². The predicted molar refractivity (Wildman–Crippen MR) is 89.9 cm³/mol. The molecule has 0 aromatic carbocycles. The zero-order valence-electron chi connectivity index (χ0n) is 13.4. The molecule has 0 aromatic rings.